The number of nitrogens with zero attached hydrogens (tertiary/aromatic N) is 2. The van der Waals surface area contributed by atoms with E-state index in [2.05, 4.69) is 24.0 Å². The molecule has 0 amide bonds. The van der Waals surface area contributed by atoms with Gasteiger partial charge in [-0.3, -0.25) is 0 Å². The maximum Gasteiger partial charge on any atom is 0.261 e. The Balaban J connectivity index is 2.16. The summed E-state index contributed by atoms with van der Waals surface area (Å²) in [6, 6.07) is 5.16. The number of aromatic hydroxyl groups is 1. The summed E-state index contributed by atoms with van der Waals surface area (Å²) in [6.45, 7) is 4.31. The SMILES string of the molecule is CCC(C)SCc1noc(-c2cccc(OC)c2O)n1. The van der Waals surface area contributed by atoms with Crippen molar-refractivity contribution in [2.45, 2.75) is 31.3 Å². The van der Waals surface area contributed by atoms with Gasteiger partial charge in [-0.15, -0.1) is 0 Å². The molecule has 0 saturated carbocycles. The van der Waals surface area contributed by atoms with Gasteiger partial charge in [-0.25, -0.2) is 0 Å². The normalized spacial score (nSPS) is 12.3. The highest BCUT2D eigenvalue weighted by atomic mass is 32.2. The van der Waals surface area contributed by atoms with E-state index in [9.17, 15) is 5.11 Å². The van der Waals surface area contributed by atoms with Gasteiger partial charge in [-0.2, -0.15) is 16.7 Å². The Labute approximate surface area is 122 Å². The van der Waals surface area contributed by atoms with Crippen molar-refractivity contribution in [1.82, 2.24) is 10.1 Å². The summed E-state index contributed by atoms with van der Waals surface area (Å²) < 4.78 is 10.3. The van der Waals surface area contributed by atoms with Crippen molar-refractivity contribution in [3.05, 3.63) is 24.0 Å². The molecule has 0 aliphatic carbocycles. The predicted octanol–water partition coefficient (Wildman–Crippen LogP) is 3.48. The van der Waals surface area contributed by atoms with Gasteiger partial charge in [0.1, 0.15) is 0 Å². The van der Waals surface area contributed by atoms with Crippen molar-refractivity contribution in [3.63, 3.8) is 0 Å². The summed E-state index contributed by atoms with van der Waals surface area (Å²) in [4.78, 5) is 4.31. The smallest absolute Gasteiger partial charge is 0.261 e. The number of hydrogen-bond acceptors (Lipinski definition) is 6. The molecule has 0 fully saturated rings. The Morgan fingerprint density at radius 1 is 1.45 bits per heavy atom. The molecule has 108 valence electrons. The summed E-state index contributed by atoms with van der Waals surface area (Å²) in [5, 5.41) is 14.5. The highest BCUT2D eigenvalue weighted by molar-refractivity contribution is 7.99. The lowest BCUT2D eigenvalue weighted by molar-refractivity contribution is 0.371. The van der Waals surface area contributed by atoms with Crippen LogP contribution < -0.4 is 4.74 Å². The van der Waals surface area contributed by atoms with Crippen LogP contribution in [0, 0.1) is 0 Å². The summed E-state index contributed by atoms with van der Waals surface area (Å²) in [7, 11) is 1.50. The number of benzene rings is 1. The quantitative estimate of drug-likeness (QED) is 0.879. The third-order valence-corrected chi connectivity index (χ3v) is 4.32. The van der Waals surface area contributed by atoms with E-state index in [0.29, 0.717) is 34.0 Å². The highest BCUT2D eigenvalue weighted by Crippen LogP contribution is 2.36. The predicted molar refractivity (Wildman–Crippen MR) is 79.0 cm³/mol. The van der Waals surface area contributed by atoms with Crippen LogP contribution in [0.4, 0.5) is 0 Å². The van der Waals surface area contributed by atoms with Crippen LogP contribution in [0.1, 0.15) is 26.1 Å². The Hall–Kier alpha value is -1.69. The van der Waals surface area contributed by atoms with Crippen molar-refractivity contribution >= 4 is 11.8 Å². The van der Waals surface area contributed by atoms with E-state index < -0.39 is 0 Å². The standard InChI is InChI=1S/C14H18N2O3S/c1-4-9(2)20-8-12-15-14(19-16-12)10-6-5-7-11(18-3)13(10)17/h5-7,9,17H,4,8H2,1-3H3. The molecule has 5 nitrogen and oxygen atoms in total. The maximum absolute atomic E-state index is 10.0. The van der Waals surface area contributed by atoms with Gasteiger partial charge in [0.15, 0.2) is 17.3 Å². The summed E-state index contributed by atoms with van der Waals surface area (Å²) in [6.07, 6.45) is 1.10. The first-order valence-corrected chi connectivity index (χ1v) is 7.51. The minimum absolute atomic E-state index is 0.0137. The van der Waals surface area contributed by atoms with Gasteiger partial charge in [-0.1, -0.05) is 25.1 Å². The Kier molecular flexibility index (Phi) is 4.89. The molecule has 1 atom stereocenters. The zero-order valence-electron chi connectivity index (χ0n) is 11.8. The van der Waals surface area contributed by atoms with Gasteiger partial charge >= 0.3 is 0 Å². The molecule has 2 rings (SSSR count). The lowest BCUT2D eigenvalue weighted by Crippen LogP contribution is -1.94. The second-order valence-electron chi connectivity index (χ2n) is 4.40. The third-order valence-electron chi connectivity index (χ3n) is 2.99. The van der Waals surface area contributed by atoms with Crippen LogP contribution in [0.15, 0.2) is 22.7 Å². The third kappa shape index (κ3) is 3.25. The zero-order valence-corrected chi connectivity index (χ0v) is 12.6. The van der Waals surface area contributed by atoms with E-state index in [1.807, 2.05) is 0 Å². The molecule has 0 radical (unpaired) electrons. The Morgan fingerprint density at radius 2 is 2.25 bits per heavy atom. The molecule has 0 spiro atoms. The van der Waals surface area contributed by atoms with Crippen molar-refractivity contribution < 1.29 is 14.4 Å². The van der Waals surface area contributed by atoms with Crippen LogP contribution in [0.5, 0.6) is 11.5 Å². The molecule has 2 aromatic rings. The van der Waals surface area contributed by atoms with Crippen molar-refractivity contribution in [1.29, 1.82) is 0 Å². The minimum Gasteiger partial charge on any atom is -0.504 e. The molecule has 1 aromatic heterocycles. The Morgan fingerprint density at radius 3 is 2.95 bits per heavy atom. The molecule has 1 unspecified atom stereocenters. The number of para-hydroxylation sites is 1. The number of methoxy groups -OCH3 is 1. The monoisotopic (exact) mass is 294 g/mol. The summed E-state index contributed by atoms with van der Waals surface area (Å²) >= 11 is 1.78. The van der Waals surface area contributed by atoms with E-state index in [1.165, 1.54) is 7.11 Å². The van der Waals surface area contributed by atoms with E-state index in [1.54, 1.807) is 30.0 Å². The number of phenolic OH excluding ortho intramolecular Hbond substituents is 1. The van der Waals surface area contributed by atoms with Crippen molar-refractivity contribution in [2.75, 3.05) is 7.11 Å². The zero-order chi connectivity index (χ0) is 14.5. The fraction of sp³-hybridized carbons (Fsp3) is 0.429. The molecule has 0 saturated heterocycles. The van der Waals surface area contributed by atoms with Crippen LogP contribution >= 0.6 is 11.8 Å². The lowest BCUT2D eigenvalue weighted by Gasteiger charge is -2.05. The number of aromatic nitrogens is 2. The number of hydrogen-bond donors (Lipinski definition) is 1. The maximum atomic E-state index is 10.0. The second kappa shape index (κ2) is 6.65. The Bertz CT molecular complexity index is 571. The van der Waals surface area contributed by atoms with E-state index in [-0.39, 0.29) is 5.75 Å². The van der Waals surface area contributed by atoms with E-state index >= 15 is 0 Å². The second-order valence-corrected chi connectivity index (χ2v) is 5.83. The largest absolute Gasteiger partial charge is 0.504 e. The first-order chi connectivity index (χ1) is 9.65. The topological polar surface area (TPSA) is 68.4 Å². The molecule has 0 aliphatic heterocycles. The van der Waals surface area contributed by atoms with Gasteiger partial charge in [0, 0.05) is 5.25 Å². The fourth-order valence-electron chi connectivity index (χ4n) is 1.62. The van der Waals surface area contributed by atoms with Crippen LogP contribution in [0.2, 0.25) is 0 Å². The van der Waals surface area contributed by atoms with Crippen LogP contribution in [-0.2, 0) is 5.75 Å². The average Bonchev–Trinajstić information content (AvgIpc) is 2.93. The number of phenols is 1. The van der Waals surface area contributed by atoms with E-state index in [4.69, 9.17) is 9.26 Å². The molecule has 0 bridgehead atoms. The van der Waals surface area contributed by atoms with Gasteiger partial charge in [-0.05, 0) is 18.6 Å². The molecule has 0 aliphatic rings. The van der Waals surface area contributed by atoms with Crippen LogP contribution in [0.3, 0.4) is 0 Å². The van der Waals surface area contributed by atoms with Crippen molar-refractivity contribution in [3.8, 4) is 23.0 Å². The van der Waals surface area contributed by atoms with Gasteiger partial charge in [0.25, 0.3) is 5.89 Å². The first kappa shape index (κ1) is 14.7. The number of thioether (sulfide) groups is 1. The minimum atomic E-state index is 0.0137. The molecule has 20 heavy (non-hydrogen) atoms. The molecular weight excluding hydrogens is 276 g/mol. The van der Waals surface area contributed by atoms with Crippen LogP contribution in [0.25, 0.3) is 11.5 Å². The molecule has 1 heterocycles. The number of rotatable bonds is 6. The van der Waals surface area contributed by atoms with Gasteiger partial charge in [0.05, 0.1) is 18.4 Å². The molecule has 6 heteroatoms. The average molecular weight is 294 g/mol. The van der Waals surface area contributed by atoms with E-state index in [0.717, 1.165) is 6.42 Å². The highest BCUT2D eigenvalue weighted by Gasteiger charge is 2.16. The van der Waals surface area contributed by atoms with Crippen LogP contribution in [-0.4, -0.2) is 27.6 Å². The number of ether oxygens (including phenoxy) is 1. The molecule has 1 N–H and O–H groups in total. The molecule has 1 aromatic carbocycles. The molecular formula is C14H18N2O3S. The summed E-state index contributed by atoms with van der Waals surface area (Å²) in [5.41, 5.74) is 0.483. The van der Waals surface area contributed by atoms with Gasteiger partial charge in [0.2, 0.25) is 0 Å². The summed E-state index contributed by atoms with van der Waals surface area (Å²) in [5.74, 6) is 2.04. The first-order valence-electron chi connectivity index (χ1n) is 6.46. The van der Waals surface area contributed by atoms with Crippen molar-refractivity contribution in [2.24, 2.45) is 0 Å². The van der Waals surface area contributed by atoms with Gasteiger partial charge < -0.3 is 14.4 Å². The fourth-order valence-corrected chi connectivity index (χ4v) is 2.40. The lowest BCUT2D eigenvalue weighted by atomic mass is 10.2.